The molecule has 0 radical (unpaired) electrons. The molecule has 0 saturated heterocycles. The van der Waals surface area contributed by atoms with Gasteiger partial charge < -0.3 is 11.5 Å². The summed E-state index contributed by atoms with van der Waals surface area (Å²) in [5, 5.41) is 21.4. The minimum absolute atomic E-state index is 0.0258. The second-order valence-electron chi connectivity index (χ2n) is 3.07. The summed E-state index contributed by atoms with van der Waals surface area (Å²) in [5.41, 5.74) is 9.73. The van der Waals surface area contributed by atoms with Gasteiger partial charge >= 0.3 is 11.4 Å². The Morgan fingerprint density at radius 3 is 2.31 bits per heavy atom. The molecule has 0 saturated carbocycles. The average molecular weight is 226 g/mol. The highest BCUT2D eigenvalue weighted by Gasteiger charge is 2.29. The van der Waals surface area contributed by atoms with E-state index in [1.54, 1.807) is 0 Å². The molecule has 0 amide bonds. The highest BCUT2D eigenvalue weighted by atomic mass is 16.6. The van der Waals surface area contributed by atoms with Gasteiger partial charge in [-0.3, -0.25) is 20.2 Å². The van der Waals surface area contributed by atoms with Crippen molar-refractivity contribution in [3.05, 3.63) is 44.0 Å². The van der Waals surface area contributed by atoms with Crippen LogP contribution in [0.3, 0.4) is 0 Å². The third-order valence-electron chi connectivity index (χ3n) is 2.08. The minimum atomic E-state index is -0.816. The standard InChI is InChI=1S/C8H10N4O4/c9-4-6(10)5-2-1-3-7(11(13)14)8(5)12(15)16/h1-3,6H,4,9-10H2. The molecule has 4 N–H and O–H groups in total. The Kier molecular flexibility index (Phi) is 3.48. The summed E-state index contributed by atoms with van der Waals surface area (Å²) in [6.07, 6.45) is 0. The summed E-state index contributed by atoms with van der Waals surface area (Å²) in [7, 11) is 0. The Hall–Kier alpha value is -2.06. The first kappa shape index (κ1) is 12.0. The zero-order chi connectivity index (χ0) is 12.3. The molecule has 1 aromatic carbocycles. The van der Waals surface area contributed by atoms with Crippen LogP contribution in [0, 0.1) is 20.2 Å². The molecule has 0 spiro atoms. The Balaban J connectivity index is 3.44. The minimum Gasteiger partial charge on any atom is -0.329 e. The smallest absolute Gasteiger partial charge is 0.329 e. The number of benzene rings is 1. The van der Waals surface area contributed by atoms with Crippen molar-refractivity contribution >= 4 is 11.4 Å². The Labute approximate surface area is 90.1 Å². The molecule has 0 aromatic heterocycles. The van der Waals surface area contributed by atoms with Gasteiger partial charge in [-0.05, 0) is 0 Å². The number of nitro benzene ring substituents is 2. The molecular formula is C8H10N4O4. The summed E-state index contributed by atoms with van der Waals surface area (Å²) < 4.78 is 0. The van der Waals surface area contributed by atoms with Gasteiger partial charge in [-0.1, -0.05) is 12.1 Å². The predicted octanol–water partition coefficient (Wildman–Crippen LogP) is 0.462. The molecule has 1 rings (SSSR count). The number of para-hydroxylation sites is 1. The average Bonchev–Trinajstić information content (AvgIpc) is 2.26. The van der Waals surface area contributed by atoms with Crippen molar-refractivity contribution in [2.75, 3.05) is 6.54 Å². The van der Waals surface area contributed by atoms with Crippen molar-refractivity contribution in [2.45, 2.75) is 6.04 Å². The number of nitro groups is 2. The lowest BCUT2D eigenvalue weighted by atomic mass is 10.0. The molecule has 0 heterocycles. The van der Waals surface area contributed by atoms with E-state index in [-0.39, 0.29) is 12.1 Å². The van der Waals surface area contributed by atoms with Crippen LogP contribution in [0.15, 0.2) is 18.2 Å². The number of rotatable bonds is 4. The largest absolute Gasteiger partial charge is 0.350 e. The van der Waals surface area contributed by atoms with Crippen LogP contribution in [0.5, 0.6) is 0 Å². The number of hydrogen-bond donors (Lipinski definition) is 2. The summed E-state index contributed by atoms with van der Waals surface area (Å²) >= 11 is 0. The van der Waals surface area contributed by atoms with Crippen LogP contribution in [0.2, 0.25) is 0 Å². The van der Waals surface area contributed by atoms with Gasteiger partial charge in [0.25, 0.3) is 0 Å². The molecular weight excluding hydrogens is 216 g/mol. The van der Waals surface area contributed by atoms with Gasteiger partial charge in [0.05, 0.1) is 15.4 Å². The lowest BCUT2D eigenvalue weighted by molar-refractivity contribution is -0.423. The molecule has 1 aromatic rings. The number of hydrogen-bond acceptors (Lipinski definition) is 6. The fourth-order valence-electron chi connectivity index (χ4n) is 1.32. The number of nitrogens with two attached hydrogens (primary N) is 2. The van der Waals surface area contributed by atoms with Crippen molar-refractivity contribution < 1.29 is 9.85 Å². The van der Waals surface area contributed by atoms with Crippen LogP contribution in [-0.2, 0) is 0 Å². The van der Waals surface area contributed by atoms with E-state index >= 15 is 0 Å². The molecule has 8 nitrogen and oxygen atoms in total. The van der Waals surface area contributed by atoms with Crippen molar-refractivity contribution in [3.63, 3.8) is 0 Å². The van der Waals surface area contributed by atoms with Gasteiger partial charge in [0.1, 0.15) is 0 Å². The van der Waals surface area contributed by atoms with Crippen LogP contribution in [0.1, 0.15) is 11.6 Å². The normalized spacial score (nSPS) is 12.1. The molecule has 16 heavy (non-hydrogen) atoms. The van der Waals surface area contributed by atoms with Crippen molar-refractivity contribution in [3.8, 4) is 0 Å². The Morgan fingerprint density at radius 1 is 1.25 bits per heavy atom. The molecule has 0 bridgehead atoms. The molecule has 1 atom stereocenters. The van der Waals surface area contributed by atoms with Gasteiger partial charge in [0.15, 0.2) is 0 Å². The van der Waals surface area contributed by atoms with Crippen LogP contribution < -0.4 is 11.5 Å². The zero-order valence-corrected chi connectivity index (χ0v) is 8.20. The zero-order valence-electron chi connectivity index (χ0n) is 8.20. The SMILES string of the molecule is NCC(N)c1cccc([N+](=O)[O-])c1[N+](=O)[O-]. The van der Waals surface area contributed by atoms with Gasteiger partial charge in [-0.25, -0.2) is 0 Å². The van der Waals surface area contributed by atoms with E-state index in [9.17, 15) is 20.2 Å². The highest BCUT2D eigenvalue weighted by Crippen LogP contribution is 2.32. The highest BCUT2D eigenvalue weighted by molar-refractivity contribution is 5.58. The summed E-state index contributed by atoms with van der Waals surface area (Å²) in [5.74, 6) is 0. The molecule has 0 fully saturated rings. The van der Waals surface area contributed by atoms with E-state index in [0.29, 0.717) is 0 Å². The fourth-order valence-corrected chi connectivity index (χ4v) is 1.32. The third-order valence-corrected chi connectivity index (χ3v) is 2.08. The Bertz CT molecular complexity index is 434. The van der Waals surface area contributed by atoms with Gasteiger partial charge in [0, 0.05) is 18.7 Å². The fraction of sp³-hybridized carbons (Fsp3) is 0.250. The van der Waals surface area contributed by atoms with Gasteiger partial charge in [0.2, 0.25) is 0 Å². The maximum atomic E-state index is 10.8. The maximum Gasteiger partial charge on any atom is 0.350 e. The van der Waals surface area contributed by atoms with Crippen LogP contribution in [0.25, 0.3) is 0 Å². The molecule has 0 aliphatic carbocycles. The van der Waals surface area contributed by atoms with Crippen LogP contribution in [-0.4, -0.2) is 16.4 Å². The van der Waals surface area contributed by atoms with E-state index in [0.717, 1.165) is 6.07 Å². The van der Waals surface area contributed by atoms with Gasteiger partial charge in [-0.15, -0.1) is 0 Å². The quantitative estimate of drug-likeness (QED) is 0.564. The predicted molar refractivity (Wildman–Crippen MR) is 55.7 cm³/mol. The molecule has 0 aliphatic heterocycles. The second kappa shape index (κ2) is 4.64. The first-order chi connectivity index (χ1) is 7.49. The monoisotopic (exact) mass is 226 g/mol. The maximum absolute atomic E-state index is 10.8. The van der Waals surface area contributed by atoms with Gasteiger partial charge in [-0.2, -0.15) is 0 Å². The number of nitrogens with zero attached hydrogens (tertiary/aromatic N) is 2. The topological polar surface area (TPSA) is 138 Å². The summed E-state index contributed by atoms with van der Waals surface area (Å²) in [6.45, 7) is -0.0258. The summed E-state index contributed by atoms with van der Waals surface area (Å²) in [6, 6.07) is 2.98. The van der Waals surface area contributed by atoms with E-state index in [2.05, 4.69) is 0 Å². The molecule has 1 unspecified atom stereocenters. The third kappa shape index (κ3) is 2.12. The van der Waals surface area contributed by atoms with E-state index in [1.807, 2.05) is 0 Å². The Morgan fingerprint density at radius 2 is 1.88 bits per heavy atom. The van der Waals surface area contributed by atoms with Crippen molar-refractivity contribution in [2.24, 2.45) is 11.5 Å². The van der Waals surface area contributed by atoms with Crippen molar-refractivity contribution in [1.82, 2.24) is 0 Å². The van der Waals surface area contributed by atoms with Crippen molar-refractivity contribution in [1.29, 1.82) is 0 Å². The lowest BCUT2D eigenvalue weighted by Gasteiger charge is -2.08. The van der Waals surface area contributed by atoms with Crippen LogP contribution in [0.4, 0.5) is 11.4 Å². The molecule has 0 aliphatic rings. The first-order valence-corrected chi connectivity index (χ1v) is 4.36. The molecule has 8 heteroatoms. The summed E-state index contributed by atoms with van der Waals surface area (Å²) in [4.78, 5) is 19.8. The van der Waals surface area contributed by atoms with Crippen LogP contribution >= 0.6 is 0 Å². The lowest BCUT2D eigenvalue weighted by Crippen LogP contribution is -2.22. The van der Waals surface area contributed by atoms with E-state index in [4.69, 9.17) is 11.5 Å². The second-order valence-corrected chi connectivity index (χ2v) is 3.07. The van der Waals surface area contributed by atoms with E-state index < -0.39 is 27.3 Å². The first-order valence-electron chi connectivity index (χ1n) is 4.36. The van der Waals surface area contributed by atoms with E-state index in [1.165, 1.54) is 12.1 Å². The molecule has 86 valence electrons.